The van der Waals surface area contributed by atoms with E-state index in [0.717, 1.165) is 23.3 Å². The van der Waals surface area contributed by atoms with E-state index in [-0.39, 0.29) is 50.2 Å². The summed E-state index contributed by atoms with van der Waals surface area (Å²) in [6, 6.07) is 18.3. The average molecular weight is 652 g/mol. The van der Waals surface area contributed by atoms with Gasteiger partial charge in [0.15, 0.2) is 0 Å². The monoisotopic (exact) mass is 651 g/mol. The van der Waals surface area contributed by atoms with Crippen LogP contribution in [-0.2, 0) is 6.18 Å². The van der Waals surface area contributed by atoms with Gasteiger partial charge in [-0.3, -0.25) is 0 Å². The zero-order valence-corrected chi connectivity index (χ0v) is 25.6. The van der Waals surface area contributed by atoms with E-state index < -0.39 is 51.0 Å². The zero-order valence-electron chi connectivity index (χ0n) is 25.6. The van der Waals surface area contributed by atoms with Crippen LogP contribution in [0.3, 0.4) is 0 Å². The van der Waals surface area contributed by atoms with Crippen molar-refractivity contribution in [3.05, 3.63) is 149 Å². The van der Waals surface area contributed by atoms with Crippen LogP contribution >= 0.6 is 0 Å². The molecule has 2 aliphatic rings. The van der Waals surface area contributed by atoms with E-state index in [1.165, 1.54) is 6.07 Å². The summed E-state index contributed by atoms with van der Waals surface area (Å²) < 4.78 is 42.3. The van der Waals surface area contributed by atoms with Gasteiger partial charge in [0.25, 0.3) is 11.4 Å². The Labute approximate surface area is 283 Å². The molecule has 230 valence electrons. The highest BCUT2D eigenvalue weighted by Gasteiger charge is 2.44. The maximum absolute atomic E-state index is 14.1. The summed E-state index contributed by atoms with van der Waals surface area (Å²) in [5.41, 5.74) is -5.22. The first-order chi connectivity index (χ1) is 23.9. The number of hydrogen-bond donors (Lipinski definition) is 0. The molecule has 0 aromatic heterocycles. The number of hydrogen-bond acceptors (Lipinski definition) is 6. The van der Waals surface area contributed by atoms with Gasteiger partial charge in [-0.05, 0) is 76.1 Å². The van der Waals surface area contributed by atoms with Crippen LogP contribution in [0.4, 0.5) is 13.2 Å². The van der Waals surface area contributed by atoms with Gasteiger partial charge in [-0.1, -0.05) is 24.3 Å². The Morgan fingerprint density at radius 1 is 0.640 bits per heavy atom. The summed E-state index contributed by atoms with van der Waals surface area (Å²) in [5.74, 6) is 0. The molecular formula is C38H12F3N9. The molecule has 0 amide bonds. The number of fused-ring (bicyclic) bond motifs is 2. The van der Waals surface area contributed by atoms with Crippen LogP contribution < -0.4 is 0 Å². The van der Waals surface area contributed by atoms with Crippen LogP contribution in [0.25, 0.3) is 48.1 Å². The number of alkyl halides is 3. The van der Waals surface area contributed by atoms with Crippen molar-refractivity contribution in [2.75, 3.05) is 0 Å². The number of rotatable bonds is 2. The quantitative estimate of drug-likeness (QED) is 0.200. The molecule has 0 heterocycles. The first-order valence-electron chi connectivity index (χ1n) is 14.0. The van der Waals surface area contributed by atoms with E-state index >= 15 is 0 Å². The fourth-order valence-electron chi connectivity index (χ4n) is 6.17. The van der Waals surface area contributed by atoms with Crippen LogP contribution in [0.2, 0.25) is 0 Å². The molecular weight excluding hydrogens is 639 g/mol. The van der Waals surface area contributed by atoms with Gasteiger partial charge >= 0.3 is 6.18 Å². The molecule has 0 saturated heterocycles. The lowest BCUT2D eigenvalue weighted by molar-refractivity contribution is -0.137. The number of benzene rings is 3. The van der Waals surface area contributed by atoms with Gasteiger partial charge in [0.05, 0.1) is 71.8 Å². The van der Waals surface area contributed by atoms with Crippen molar-refractivity contribution in [3.63, 3.8) is 0 Å². The van der Waals surface area contributed by atoms with Gasteiger partial charge in [-0.25, -0.2) is 25.1 Å². The van der Waals surface area contributed by atoms with Crippen molar-refractivity contribution in [2.24, 2.45) is 0 Å². The molecule has 0 unspecified atom stereocenters. The normalized spacial score (nSPS) is 14.6. The molecule has 3 aromatic carbocycles. The van der Waals surface area contributed by atoms with E-state index in [4.69, 9.17) is 19.7 Å². The van der Waals surface area contributed by atoms with Crippen LogP contribution in [0.5, 0.6) is 0 Å². The minimum Gasteiger partial charge on any atom is -0.237 e. The summed E-state index contributed by atoms with van der Waals surface area (Å²) >= 11 is 0. The molecule has 0 saturated carbocycles. The second-order valence-electron chi connectivity index (χ2n) is 10.7. The van der Waals surface area contributed by atoms with Gasteiger partial charge in [-0.2, -0.15) is 34.2 Å². The number of aryl methyl sites for hydroxylation is 2. The van der Waals surface area contributed by atoms with Gasteiger partial charge < -0.3 is 0 Å². The predicted molar refractivity (Wildman–Crippen MR) is 172 cm³/mol. The molecule has 0 bridgehead atoms. The molecule has 0 aliphatic heterocycles. The largest absolute Gasteiger partial charge is 0.417 e. The highest BCUT2D eigenvalue weighted by atomic mass is 19.4. The fraction of sp³-hybridized carbons (Fsp3) is 0.0789. The summed E-state index contributed by atoms with van der Waals surface area (Å²) in [7, 11) is 0. The Morgan fingerprint density at radius 3 is 1.66 bits per heavy atom. The van der Waals surface area contributed by atoms with Gasteiger partial charge in [-0.15, -0.1) is 0 Å². The minimum atomic E-state index is -5.04. The predicted octanol–water partition coefficient (Wildman–Crippen LogP) is 8.49. The summed E-state index contributed by atoms with van der Waals surface area (Å²) in [6.45, 7) is 27.4. The zero-order chi connectivity index (χ0) is 36.7. The highest BCUT2D eigenvalue weighted by molar-refractivity contribution is 6.31. The fourth-order valence-corrected chi connectivity index (χ4v) is 6.17. The Kier molecular flexibility index (Phi) is 8.10. The Bertz CT molecular complexity index is 2660. The number of halogens is 3. The van der Waals surface area contributed by atoms with Crippen molar-refractivity contribution in [1.82, 2.24) is 0 Å². The van der Waals surface area contributed by atoms with E-state index in [1.807, 2.05) is 25.1 Å². The molecule has 2 aliphatic carbocycles. The molecule has 0 N–H and O–H groups in total. The van der Waals surface area contributed by atoms with Crippen LogP contribution in [0.15, 0.2) is 47.8 Å². The Balaban J connectivity index is 2.10. The SMILES string of the molecule is [C-]#[N+]C1=C(c2ccc(C)c(C)c2)/C(=C(/C#N)[N+]#[C-])c2c(C#N)c3c(c(C#N)c21)/C(=C(/C#N)[N+]#[C-])C(c1ccc(C#N)c(C(F)(F)F)c1)=C3C#N. The summed E-state index contributed by atoms with van der Waals surface area (Å²) in [4.78, 5) is 10.3. The van der Waals surface area contributed by atoms with Crippen molar-refractivity contribution in [1.29, 1.82) is 31.6 Å². The number of nitrogens with zero attached hydrogens (tertiary/aromatic N) is 9. The maximum atomic E-state index is 14.1. The average Bonchev–Trinajstić information content (AvgIpc) is 3.62. The van der Waals surface area contributed by atoms with Crippen LogP contribution in [-0.4, -0.2) is 0 Å². The number of nitriles is 6. The number of allylic oxidation sites excluding steroid dienone is 7. The second kappa shape index (κ2) is 12.2. The van der Waals surface area contributed by atoms with Crippen molar-refractivity contribution < 1.29 is 13.2 Å². The lowest BCUT2D eigenvalue weighted by Gasteiger charge is -2.17. The summed E-state index contributed by atoms with van der Waals surface area (Å²) in [6.07, 6.45) is -5.04. The van der Waals surface area contributed by atoms with E-state index in [9.17, 15) is 44.7 Å². The minimum absolute atomic E-state index is 0.0585. The second-order valence-corrected chi connectivity index (χ2v) is 10.7. The lowest BCUT2D eigenvalue weighted by Crippen LogP contribution is -2.08. The first kappa shape index (κ1) is 33.2. The first-order valence-corrected chi connectivity index (χ1v) is 14.0. The molecule has 5 rings (SSSR count). The third-order valence-electron chi connectivity index (χ3n) is 8.36. The summed E-state index contributed by atoms with van der Waals surface area (Å²) in [5, 5.41) is 61.6. The van der Waals surface area contributed by atoms with Crippen molar-refractivity contribution >= 4 is 33.6 Å². The molecule has 50 heavy (non-hydrogen) atoms. The van der Waals surface area contributed by atoms with Crippen molar-refractivity contribution in [2.45, 2.75) is 20.0 Å². The third kappa shape index (κ3) is 4.63. The lowest BCUT2D eigenvalue weighted by atomic mass is 9.83. The molecule has 0 fully saturated rings. The van der Waals surface area contributed by atoms with E-state index in [0.29, 0.717) is 11.6 Å². The van der Waals surface area contributed by atoms with Gasteiger partial charge in [0.1, 0.15) is 12.1 Å². The van der Waals surface area contributed by atoms with Gasteiger partial charge in [0, 0.05) is 16.7 Å². The molecule has 0 spiro atoms. The van der Waals surface area contributed by atoms with Crippen molar-refractivity contribution in [3.8, 4) is 36.4 Å². The smallest absolute Gasteiger partial charge is 0.237 e. The molecule has 0 radical (unpaired) electrons. The Hall–Kier alpha value is -8.18. The maximum Gasteiger partial charge on any atom is 0.417 e. The standard InChI is InChI=1S/C38H12F3N9/c1-18-6-7-20(10-19(18)2)30-36(28(17-47)49-4)33-24(14-44)31-23(13-43)29(21-8-9-22(12-42)26(11-21)38(39,40)41)35(27(16-46)48-3)32(31)25(15-45)34(33)37(30)50-5/h6-11H,1-2H3/b35-27-,36-28+. The topological polar surface area (TPSA) is 156 Å². The highest BCUT2D eigenvalue weighted by Crippen LogP contribution is 2.58. The molecule has 3 aromatic rings. The van der Waals surface area contributed by atoms with E-state index in [2.05, 4.69) is 14.5 Å². The van der Waals surface area contributed by atoms with E-state index in [1.54, 1.807) is 37.3 Å². The molecule has 9 nitrogen and oxygen atoms in total. The van der Waals surface area contributed by atoms with Gasteiger partial charge in [0.2, 0.25) is 5.70 Å². The molecule has 0 atom stereocenters. The molecule has 12 heteroatoms. The van der Waals surface area contributed by atoms with Crippen LogP contribution in [0.1, 0.15) is 66.8 Å². The Morgan fingerprint density at radius 2 is 1.18 bits per heavy atom. The van der Waals surface area contributed by atoms with Crippen LogP contribution in [0, 0.1) is 102 Å². The third-order valence-corrected chi connectivity index (χ3v) is 8.36.